The summed E-state index contributed by atoms with van der Waals surface area (Å²) in [6, 6.07) is 4.43. The molecule has 0 atom stereocenters. The second kappa shape index (κ2) is 5.05. The van der Waals surface area contributed by atoms with Gasteiger partial charge in [0.25, 0.3) is 0 Å². The Labute approximate surface area is 100 Å². The quantitative estimate of drug-likeness (QED) is 0.848. The van der Waals surface area contributed by atoms with Crippen molar-refractivity contribution < 1.29 is 17.9 Å². The van der Waals surface area contributed by atoms with Gasteiger partial charge in [0, 0.05) is 16.6 Å². The van der Waals surface area contributed by atoms with Crippen LogP contribution in [0.4, 0.5) is 13.2 Å². The molecule has 0 aliphatic carbocycles. The molecule has 0 radical (unpaired) electrons. The number of benzene rings is 1. The molecule has 2 nitrogen and oxygen atoms in total. The van der Waals surface area contributed by atoms with Gasteiger partial charge in [-0.2, -0.15) is 0 Å². The Bertz CT molecular complexity index is 366. The number of halogens is 4. The molecule has 0 aliphatic rings. The average Bonchev–Trinajstić information content (AvgIpc) is 2.06. The summed E-state index contributed by atoms with van der Waals surface area (Å²) in [4.78, 5) is 1.77. The number of ether oxygens (including phenoxy) is 1. The molecular formula is C10H11BrF3NO. The van der Waals surface area contributed by atoms with E-state index in [2.05, 4.69) is 20.7 Å². The molecule has 90 valence electrons. The predicted octanol–water partition coefficient (Wildman–Crippen LogP) is 3.41. The van der Waals surface area contributed by atoms with E-state index in [1.807, 2.05) is 0 Å². The van der Waals surface area contributed by atoms with E-state index < -0.39 is 6.36 Å². The van der Waals surface area contributed by atoms with Crippen LogP contribution in [0.25, 0.3) is 0 Å². The highest BCUT2D eigenvalue weighted by Gasteiger charge is 2.32. The van der Waals surface area contributed by atoms with Gasteiger partial charge in [0.15, 0.2) is 0 Å². The molecule has 0 spiro atoms. The van der Waals surface area contributed by atoms with Crippen LogP contribution in [0.3, 0.4) is 0 Å². The number of rotatable bonds is 3. The third-order valence-electron chi connectivity index (χ3n) is 1.73. The molecule has 0 bridgehead atoms. The first-order valence-corrected chi connectivity index (χ1v) is 5.26. The van der Waals surface area contributed by atoms with E-state index in [0.717, 1.165) is 4.47 Å². The lowest BCUT2D eigenvalue weighted by atomic mass is 10.2. The Balaban J connectivity index is 2.98. The van der Waals surface area contributed by atoms with E-state index in [0.29, 0.717) is 12.1 Å². The Hall–Kier alpha value is -0.750. The van der Waals surface area contributed by atoms with Gasteiger partial charge in [-0.05, 0) is 32.3 Å². The zero-order valence-corrected chi connectivity index (χ0v) is 10.4. The fraction of sp³-hybridized carbons (Fsp3) is 0.400. The maximum Gasteiger partial charge on any atom is 0.573 e. The fourth-order valence-corrected chi connectivity index (χ4v) is 1.65. The van der Waals surface area contributed by atoms with Crippen molar-refractivity contribution in [3.63, 3.8) is 0 Å². The average molecular weight is 298 g/mol. The van der Waals surface area contributed by atoms with Gasteiger partial charge >= 0.3 is 6.36 Å². The zero-order valence-electron chi connectivity index (χ0n) is 8.81. The lowest BCUT2D eigenvalue weighted by Crippen LogP contribution is -2.19. The molecule has 0 N–H and O–H groups in total. The molecule has 0 unspecified atom stereocenters. The largest absolute Gasteiger partial charge is 0.573 e. The van der Waals surface area contributed by atoms with Crippen molar-refractivity contribution in [1.82, 2.24) is 4.90 Å². The molecule has 0 aromatic heterocycles. The zero-order chi connectivity index (χ0) is 12.3. The minimum atomic E-state index is -4.66. The van der Waals surface area contributed by atoms with E-state index in [-0.39, 0.29) is 5.75 Å². The molecule has 0 saturated carbocycles. The van der Waals surface area contributed by atoms with Crippen molar-refractivity contribution in [2.24, 2.45) is 0 Å². The van der Waals surface area contributed by atoms with Crippen LogP contribution in [0.1, 0.15) is 5.56 Å². The topological polar surface area (TPSA) is 12.5 Å². The first kappa shape index (κ1) is 13.3. The monoisotopic (exact) mass is 297 g/mol. The SMILES string of the molecule is CN(C)Cc1cc(Br)ccc1OC(F)(F)F. The highest BCUT2D eigenvalue weighted by Crippen LogP contribution is 2.29. The van der Waals surface area contributed by atoms with Crippen molar-refractivity contribution in [3.05, 3.63) is 28.2 Å². The number of hydrogen-bond donors (Lipinski definition) is 0. The van der Waals surface area contributed by atoms with Gasteiger partial charge < -0.3 is 9.64 Å². The van der Waals surface area contributed by atoms with Crippen LogP contribution in [-0.4, -0.2) is 25.4 Å². The number of nitrogens with zero attached hydrogens (tertiary/aromatic N) is 1. The van der Waals surface area contributed by atoms with Gasteiger partial charge in [-0.15, -0.1) is 13.2 Å². The lowest BCUT2D eigenvalue weighted by Gasteiger charge is -2.16. The van der Waals surface area contributed by atoms with Crippen molar-refractivity contribution in [2.45, 2.75) is 12.9 Å². The van der Waals surface area contributed by atoms with E-state index in [1.54, 1.807) is 25.1 Å². The first-order valence-electron chi connectivity index (χ1n) is 4.47. The summed E-state index contributed by atoms with van der Waals surface area (Å²) in [5.41, 5.74) is 0.483. The van der Waals surface area contributed by atoms with E-state index in [1.165, 1.54) is 12.1 Å². The summed E-state index contributed by atoms with van der Waals surface area (Å²) in [6.07, 6.45) is -4.66. The molecule has 0 amide bonds. The van der Waals surface area contributed by atoms with Crippen LogP contribution in [0.15, 0.2) is 22.7 Å². The van der Waals surface area contributed by atoms with Crippen molar-refractivity contribution in [2.75, 3.05) is 14.1 Å². The van der Waals surface area contributed by atoms with Gasteiger partial charge in [-0.25, -0.2) is 0 Å². The molecule has 1 rings (SSSR count). The lowest BCUT2D eigenvalue weighted by molar-refractivity contribution is -0.275. The summed E-state index contributed by atoms with van der Waals surface area (Å²) in [5, 5.41) is 0. The van der Waals surface area contributed by atoms with Crippen LogP contribution in [0, 0.1) is 0 Å². The van der Waals surface area contributed by atoms with Gasteiger partial charge in [-0.3, -0.25) is 0 Å². The Morgan fingerprint density at radius 2 is 1.94 bits per heavy atom. The van der Waals surface area contributed by atoms with Crippen LogP contribution >= 0.6 is 15.9 Å². The standard InChI is InChI=1S/C10H11BrF3NO/c1-15(2)6-7-5-8(11)3-4-9(7)16-10(12,13)14/h3-5H,6H2,1-2H3. The second-order valence-corrected chi connectivity index (χ2v) is 4.45. The summed E-state index contributed by atoms with van der Waals surface area (Å²) in [7, 11) is 3.55. The van der Waals surface area contributed by atoms with Crippen LogP contribution < -0.4 is 4.74 Å². The van der Waals surface area contributed by atoms with Crippen molar-refractivity contribution in [3.8, 4) is 5.75 Å². The summed E-state index contributed by atoms with van der Waals surface area (Å²) in [5.74, 6) is -0.163. The molecule has 0 saturated heterocycles. The highest BCUT2D eigenvalue weighted by atomic mass is 79.9. The Kier molecular flexibility index (Phi) is 4.21. The third kappa shape index (κ3) is 4.40. The molecule has 1 aromatic carbocycles. The van der Waals surface area contributed by atoms with Crippen LogP contribution in [0.5, 0.6) is 5.75 Å². The third-order valence-corrected chi connectivity index (χ3v) is 2.23. The smallest absolute Gasteiger partial charge is 0.405 e. The van der Waals surface area contributed by atoms with Crippen molar-refractivity contribution in [1.29, 1.82) is 0 Å². The maximum atomic E-state index is 12.1. The first-order chi connectivity index (χ1) is 7.28. The van der Waals surface area contributed by atoms with Gasteiger partial charge in [0.05, 0.1) is 0 Å². The van der Waals surface area contributed by atoms with Gasteiger partial charge in [0.1, 0.15) is 5.75 Å². The Morgan fingerprint density at radius 3 is 2.44 bits per heavy atom. The summed E-state index contributed by atoms with van der Waals surface area (Å²) >= 11 is 3.21. The molecular weight excluding hydrogens is 287 g/mol. The normalized spacial score (nSPS) is 11.9. The molecule has 0 heterocycles. The van der Waals surface area contributed by atoms with Gasteiger partial charge in [-0.1, -0.05) is 15.9 Å². The molecule has 0 aliphatic heterocycles. The van der Waals surface area contributed by atoms with E-state index in [4.69, 9.17) is 0 Å². The van der Waals surface area contributed by atoms with Crippen LogP contribution in [0.2, 0.25) is 0 Å². The number of alkyl halides is 3. The fourth-order valence-electron chi connectivity index (χ4n) is 1.24. The second-order valence-electron chi connectivity index (χ2n) is 3.54. The predicted molar refractivity (Wildman–Crippen MR) is 58.2 cm³/mol. The number of hydrogen-bond acceptors (Lipinski definition) is 2. The van der Waals surface area contributed by atoms with Gasteiger partial charge in [0.2, 0.25) is 0 Å². The molecule has 1 aromatic rings. The Morgan fingerprint density at radius 1 is 1.31 bits per heavy atom. The summed E-state index contributed by atoms with van der Waals surface area (Å²) < 4.78 is 41.0. The van der Waals surface area contributed by atoms with Crippen LogP contribution in [-0.2, 0) is 6.54 Å². The van der Waals surface area contributed by atoms with E-state index >= 15 is 0 Å². The minimum Gasteiger partial charge on any atom is -0.405 e. The van der Waals surface area contributed by atoms with E-state index in [9.17, 15) is 13.2 Å². The minimum absolute atomic E-state index is 0.163. The van der Waals surface area contributed by atoms with Crippen molar-refractivity contribution >= 4 is 15.9 Å². The molecule has 0 fully saturated rings. The molecule has 6 heteroatoms. The summed E-state index contributed by atoms with van der Waals surface area (Å²) in [6.45, 7) is 0.380. The molecule has 16 heavy (non-hydrogen) atoms. The maximum absolute atomic E-state index is 12.1. The highest BCUT2D eigenvalue weighted by molar-refractivity contribution is 9.10.